The van der Waals surface area contributed by atoms with Crippen LogP contribution in [0.25, 0.3) is 0 Å². The van der Waals surface area contributed by atoms with Crippen molar-refractivity contribution in [1.29, 1.82) is 0 Å². The monoisotopic (exact) mass is 267 g/mol. The molecule has 6 nitrogen and oxygen atoms in total. The first-order valence-electron chi connectivity index (χ1n) is 5.98. The molecule has 0 saturated heterocycles. The summed E-state index contributed by atoms with van der Waals surface area (Å²) >= 11 is 0. The first-order valence-corrected chi connectivity index (χ1v) is 5.98. The molecular formula is C13H17NO5. The molecule has 0 aliphatic rings. The minimum absolute atomic E-state index is 0.198. The van der Waals surface area contributed by atoms with Crippen molar-refractivity contribution in [2.45, 2.75) is 19.8 Å². The fourth-order valence-corrected chi connectivity index (χ4v) is 1.42. The van der Waals surface area contributed by atoms with Gasteiger partial charge in [-0.25, -0.2) is 4.79 Å². The molecule has 0 bridgehead atoms. The van der Waals surface area contributed by atoms with E-state index in [0.29, 0.717) is 18.9 Å². The lowest BCUT2D eigenvalue weighted by Crippen LogP contribution is -2.14. The zero-order chi connectivity index (χ0) is 14.3. The van der Waals surface area contributed by atoms with Gasteiger partial charge in [-0.05, 0) is 24.6 Å². The summed E-state index contributed by atoms with van der Waals surface area (Å²) in [6, 6.07) is 3.88. The third-order valence-corrected chi connectivity index (χ3v) is 2.33. The molecule has 0 spiro atoms. The van der Waals surface area contributed by atoms with Gasteiger partial charge in [0.05, 0.1) is 13.0 Å². The normalized spacial score (nSPS) is 10.2. The van der Waals surface area contributed by atoms with Gasteiger partial charge in [-0.2, -0.15) is 0 Å². The number of carboxylic acid groups (broad SMARTS) is 1. The Kier molecular flexibility index (Phi) is 5.81. The molecule has 3 N–H and O–H groups in total. The number of nitrogens with one attached hydrogen (secondary N) is 1. The fourth-order valence-electron chi connectivity index (χ4n) is 1.42. The van der Waals surface area contributed by atoms with E-state index in [4.69, 9.17) is 9.84 Å². The molecule has 1 aromatic rings. The van der Waals surface area contributed by atoms with E-state index in [-0.39, 0.29) is 23.6 Å². The van der Waals surface area contributed by atoms with Crippen LogP contribution >= 0.6 is 0 Å². The average molecular weight is 267 g/mol. The summed E-state index contributed by atoms with van der Waals surface area (Å²) in [7, 11) is 0. The van der Waals surface area contributed by atoms with Crippen LogP contribution in [0.4, 0.5) is 5.69 Å². The second kappa shape index (κ2) is 7.38. The van der Waals surface area contributed by atoms with Crippen LogP contribution in [0.15, 0.2) is 18.2 Å². The average Bonchev–Trinajstić information content (AvgIpc) is 2.36. The van der Waals surface area contributed by atoms with Gasteiger partial charge in [0.25, 0.3) is 0 Å². The number of carbonyl (C=O) groups is 2. The van der Waals surface area contributed by atoms with Gasteiger partial charge in [0.15, 0.2) is 0 Å². The number of hydrogen-bond acceptors (Lipinski definition) is 4. The molecule has 0 unspecified atom stereocenters. The maximum absolute atomic E-state index is 11.5. The van der Waals surface area contributed by atoms with Crippen molar-refractivity contribution in [3.8, 4) is 5.75 Å². The zero-order valence-corrected chi connectivity index (χ0v) is 10.7. The third-order valence-electron chi connectivity index (χ3n) is 2.33. The standard InChI is InChI=1S/C13H17NO5/c1-2-6-19-7-5-12(16)14-9-3-4-11(15)10(8-9)13(17)18/h3-4,8,15H,2,5-7H2,1H3,(H,14,16)(H,17,18). The van der Waals surface area contributed by atoms with Crippen LogP contribution < -0.4 is 5.32 Å². The van der Waals surface area contributed by atoms with E-state index in [1.165, 1.54) is 18.2 Å². The molecule has 0 atom stereocenters. The molecule has 0 fully saturated rings. The molecule has 1 rings (SSSR count). The van der Waals surface area contributed by atoms with E-state index in [9.17, 15) is 14.7 Å². The van der Waals surface area contributed by atoms with Gasteiger partial charge in [0.1, 0.15) is 11.3 Å². The van der Waals surface area contributed by atoms with Crippen LogP contribution in [0.3, 0.4) is 0 Å². The Morgan fingerprint density at radius 2 is 2.05 bits per heavy atom. The Bertz CT molecular complexity index is 458. The number of benzene rings is 1. The Hall–Kier alpha value is -2.08. The van der Waals surface area contributed by atoms with Gasteiger partial charge in [0.2, 0.25) is 5.91 Å². The number of carboxylic acids is 1. The molecule has 1 amide bonds. The minimum Gasteiger partial charge on any atom is -0.507 e. The maximum atomic E-state index is 11.5. The van der Waals surface area contributed by atoms with Crippen molar-refractivity contribution < 1.29 is 24.5 Å². The van der Waals surface area contributed by atoms with Gasteiger partial charge < -0.3 is 20.3 Å². The first-order chi connectivity index (χ1) is 9.04. The Morgan fingerprint density at radius 3 is 2.68 bits per heavy atom. The van der Waals surface area contributed by atoms with Crippen molar-refractivity contribution in [2.24, 2.45) is 0 Å². The van der Waals surface area contributed by atoms with Crippen LogP contribution in [0, 0.1) is 0 Å². The predicted octanol–water partition coefficient (Wildman–Crippen LogP) is 1.85. The Labute approximate surface area is 111 Å². The molecule has 0 radical (unpaired) electrons. The SMILES string of the molecule is CCCOCCC(=O)Nc1ccc(O)c(C(=O)O)c1. The highest BCUT2D eigenvalue weighted by atomic mass is 16.5. The van der Waals surface area contributed by atoms with E-state index < -0.39 is 5.97 Å². The largest absolute Gasteiger partial charge is 0.507 e. The molecular weight excluding hydrogens is 250 g/mol. The van der Waals surface area contributed by atoms with Gasteiger partial charge in [-0.3, -0.25) is 4.79 Å². The Balaban J connectivity index is 2.55. The summed E-state index contributed by atoms with van der Waals surface area (Å²) in [5, 5.41) is 20.7. The summed E-state index contributed by atoms with van der Waals surface area (Å²) < 4.78 is 5.18. The van der Waals surface area contributed by atoms with E-state index >= 15 is 0 Å². The number of hydrogen-bond donors (Lipinski definition) is 3. The molecule has 6 heteroatoms. The first kappa shape index (κ1) is 15.0. The molecule has 1 aromatic carbocycles. The maximum Gasteiger partial charge on any atom is 0.339 e. The molecule has 19 heavy (non-hydrogen) atoms. The topological polar surface area (TPSA) is 95.9 Å². The van der Waals surface area contributed by atoms with E-state index in [1.807, 2.05) is 6.92 Å². The van der Waals surface area contributed by atoms with Crippen molar-refractivity contribution in [3.05, 3.63) is 23.8 Å². The lowest BCUT2D eigenvalue weighted by atomic mass is 10.2. The van der Waals surface area contributed by atoms with Crippen molar-refractivity contribution in [2.75, 3.05) is 18.5 Å². The van der Waals surface area contributed by atoms with Gasteiger partial charge in [0, 0.05) is 12.3 Å². The number of carbonyl (C=O) groups excluding carboxylic acids is 1. The zero-order valence-electron chi connectivity index (χ0n) is 10.7. The number of amides is 1. The number of ether oxygens (including phenoxy) is 1. The van der Waals surface area contributed by atoms with Gasteiger partial charge in [-0.1, -0.05) is 6.92 Å². The van der Waals surface area contributed by atoms with Crippen LogP contribution in [-0.4, -0.2) is 35.3 Å². The highest BCUT2D eigenvalue weighted by molar-refractivity contribution is 5.95. The number of aromatic carboxylic acids is 1. The predicted molar refractivity (Wildman–Crippen MR) is 69.4 cm³/mol. The fraction of sp³-hybridized carbons (Fsp3) is 0.385. The van der Waals surface area contributed by atoms with Gasteiger partial charge in [-0.15, -0.1) is 0 Å². The smallest absolute Gasteiger partial charge is 0.339 e. The second-order valence-electron chi connectivity index (χ2n) is 3.95. The van der Waals surface area contributed by atoms with Crippen LogP contribution in [0.1, 0.15) is 30.1 Å². The highest BCUT2D eigenvalue weighted by Crippen LogP contribution is 2.21. The van der Waals surface area contributed by atoms with E-state index in [0.717, 1.165) is 6.42 Å². The van der Waals surface area contributed by atoms with Crippen molar-refractivity contribution >= 4 is 17.6 Å². The number of rotatable bonds is 7. The quantitative estimate of drug-likeness (QED) is 0.517. The minimum atomic E-state index is -1.25. The summed E-state index contributed by atoms with van der Waals surface area (Å²) in [6.07, 6.45) is 1.09. The van der Waals surface area contributed by atoms with Crippen molar-refractivity contribution in [1.82, 2.24) is 0 Å². The summed E-state index contributed by atoms with van der Waals surface area (Å²) in [6.45, 7) is 2.91. The molecule has 0 heterocycles. The second-order valence-corrected chi connectivity index (χ2v) is 3.95. The molecule has 0 aromatic heterocycles. The van der Waals surface area contributed by atoms with Crippen LogP contribution in [0.2, 0.25) is 0 Å². The lowest BCUT2D eigenvalue weighted by molar-refractivity contribution is -0.117. The number of aromatic hydroxyl groups is 1. The van der Waals surface area contributed by atoms with Gasteiger partial charge >= 0.3 is 5.97 Å². The summed E-state index contributed by atoms with van der Waals surface area (Å²) in [4.78, 5) is 22.4. The van der Waals surface area contributed by atoms with E-state index in [2.05, 4.69) is 5.32 Å². The van der Waals surface area contributed by atoms with Crippen LogP contribution in [-0.2, 0) is 9.53 Å². The van der Waals surface area contributed by atoms with E-state index in [1.54, 1.807) is 0 Å². The number of anilines is 1. The van der Waals surface area contributed by atoms with Crippen molar-refractivity contribution in [3.63, 3.8) is 0 Å². The summed E-state index contributed by atoms with van der Waals surface area (Å²) in [5.74, 6) is -1.85. The third kappa shape index (κ3) is 4.97. The Morgan fingerprint density at radius 1 is 1.32 bits per heavy atom. The molecule has 104 valence electrons. The number of phenols is 1. The van der Waals surface area contributed by atoms with Crippen LogP contribution in [0.5, 0.6) is 5.75 Å². The lowest BCUT2D eigenvalue weighted by Gasteiger charge is -2.07. The molecule has 0 aliphatic carbocycles. The molecule has 0 saturated carbocycles. The highest BCUT2D eigenvalue weighted by Gasteiger charge is 2.11. The summed E-state index contributed by atoms with van der Waals surface area (Å²) in [5.41, 5.74) is 0.0794. The molecule has 0 aliphatic heterocycles.